The lowest BCUT2D eigenvalue weighted by Gasteiger charge is -2.23. The van der Waals surface area contributed by atoms with E-state index in [4.69, 9.17) is 4.74 Å². The van der Waals surface area contributed by atoms with Crippen molar-refractivity contribution >= 4 is 0 Å². The Labute approximate surface area is 109 Å². The second-order valence-corrected chi connectivity index (χ2v) is 5.41. The van der Waals surface area contributed by atoms with E-state index < -0.39 is 0 Å². The molecule has 0 radical (unpaired) electrons. The Kier molecular flexibility index (Phi) is 4.59. The topological polar surface area (TPSA) is 21.3 Å². The van der Waals surface area contributed by atoms with Crippen LogP contribution < -0.4 is 10.1 Å². The molecule has 0 unspecified atom stereocenters. The molecule has 3 heteroatoms. The standard InChI is InChI=1S/C15H22FNO/c1-11(2)10-18-13-3-4-15(16)14(9-13)12-5-7-17-8-6-12/h3-4,9,11-12,17H,5-8,10H2,1-2H3. The fraction of sp³-hybridized carbons (Fsp3) is 0.600. The number of ether oxygens (including phenoxy) is 1. The molecule has 1 saturated heterocycles. The summed E-state index contributed by atoms with van der Waals surface area (Å²) in [5.41, 5.74) is 0.817. The van der Waals surface area contributed by atoms with E-state index in [9.17, 15) is 4.39 Å². The van der Waals surface area contributed by atoms with E-state index in [-0.39, 0.29) is 5.82 Å². The van der Waals surface area contributed by atoms with Gasteiger partial charge in [0.2, 0.25) is 0 Å². The van der Waals surface area contributed by atoms with Crippen LogP contribution in [0.3, 0.4) is 0 Å². The maximum absolute atomic E-state index is 13.9. The van der Waals surface area contributed by atoms with E-state index in [0.717, 1.165) is 37.2 Å². The van der Waals surface area contributed by atoms with Gasteiger partial charge in [-0.25, -0.2) is 4.39 Å². The third-order valence-corrected chi connectivity index (χ3v) is 3.33. The first-order valence-corrected chi connectivity index (χ1v) is 6.80. The first kappa shape index (κ1) is 13.3. The minimum atomic E-state index is -0.0983. The Hall–Kier alpha value is -1.09. The number of rotatable bonds is 4. The summed E-state index contributed by atoms with van der Waals surface area (Å²) in [6.45, 7) is 6.84. The summed E-state index contributed by atoms with van der Waals surface area (Å²) in [7, 11) is 0. The molecule has 0 saturated carbocycles. The average molecular weight is 251 g/mol. The summed E-state index contributed by atoms with van der Waals surface area (Å²) in [4.78, 5) is 0. The van der Waals surface area contributed by atoms with E-state index in [1.54, 1.807) is 6.07 Å². The molecule has 0 atom stereocenters. The van der Waals surface area contributed by atoms with Crippen LogP contribution in [0.4, 0.5) is 4.39 Å². The molecule has 2 rings (SSSR count). The van der Waals surface area contributed by atoms with Gasteiger partial charge in [0.25, 0.3) is 0 Å². The van der Waals surface area contributed by atoms with Crippen molar-refractivity contribution in [1.29, 1.82) is 0 Å². The molecule has 1 fully saturated rings. The van der Waals surface area contributed by atoms with Crippen molar-refractivity contribution in [3.8, 4) is 5.75 Å². The monoisotopic (exact) mass is 251 g/mol. The minimum absolute atomic E-state index is 0.0983. The number of hydrogen-bond donors (Lipinski definition) is 1. The van der Waals surface area contributed by atoms with Gasteiger partial charge in [0, 0.05) is 0 Å². The number of nitrogens with one attached hydrogen (secondary N) is 1. The zero-order valence-corrected chi connectivity index (χ0v) is 11.2. The van der Waals surface area contributed by atoms with E-state index >= 15 is 0 Å². The molecule has 1 aromatic carbocycles. The van der Waals surface area contributed by atoms with Crippen LogP contribution in [0.15, 0.2) is 18.2 Å². The predicted molar refractivity (Wildman–Crippen MR) is 71.6 cm³/mol. The van der Waals surface area contributed by atoms with Crippen LogP contribution in [0, 0.1) is 11.7 Å². The van der Waals surface area contributed by atoms with Crippen molar-refractivity contribution in [2.75, 3.05) is 19.7 Å². The smallest absolute Gasteiger partial charge is 0.126 e. The van der Waals surface area contributed by atoms with Crippen molar-refractivity contribution < 1.29 is 9.13 Å². The fourth-order valence-corrected chi connectivity index (χ4v) is 2.32. The highest BCUT2D eigenvalue weighted by molar-refractivity contribution is 5.32. The summed E-state index contributed by atoms with van der Waals surface area (Å²) in [6.07, 6.45) is 2.01. The van der Waals surface area contributed by atoms with Gasteiger partial charge in [-0.3, -0.25) is 0 Å². The summed E-state index contributed by atoms with van der Waals surface area (Å²) in [5, 5.41) is 3.30. The molecular weight excluding hydrogens is 229 g/mol. The van der Waals surface area contributed by atoms with Crippen LogP contribution in [-0.2, 0) is 0 Å². The summed E-state index contributed by atoms with van der Waals surface area (Å²) >= 11 is 0. The SMILES string of the molecule is CC(C)COc1ccc(F)c(C2CCNCC2)c1. The molecule has 100 valence electrons. The van der Waals surface area contributed by atoms with Crippen LogP contribution >= 0.6 is 0 Å². The van der Waals surface area contributed by atoms with Crippen molar-refractivity contribution in [3.63, 3.8) is 0 Å². The molecular formula is C15H22FNO. The molecule has 0 amide bonds. The van der Waals surface area contributed by atoms with Gasteiger partial charge in [-0.2, -0.15) is 0 Å². The molecule has 1 heterocycles. The van der Waals surface area contributed by atoms with Gasteiger partial charge in [0.05, 0.1) is 6.61 Å². The molecule has 1 N–H and O–H groups in total. The van der Waals surface area contributed by atoms with Crippen molar-refractivity contribution in [3.05, 3.63) is 29.6 Å². The lowest BCUT2D eigenvalue weighted by Crippen LogP contribution is -2.27. The third kappa shape index (κ3) is 3.45. The van der Waals surface area contributed by atoms with E-state index in [1.807, 2.05) is 6.07 Å². The third-order valence-electron chi connectivity index (χ3n) is 3.33. The molecule has 18 heavy (non-hydrogen) atoms. The molecule has 1 aliphatic rings. The van der Waals surface area contributed by atoms with Crippen LogP contribution in [-0.4, -0.2) is 19.7 Å². The highest BCUT2D eigenvalue weighted by atomic mass is 19.1. The van der Waals surface area contributed by atoms with Gasteiger partial charge >= 0.3 is 0 Å². The molecule has 0 spiro atoms. The normalized spacial score (nSPS) is 17.1. The van der Waals surface area contributed by atoms with E-state index in [1.165, 1.54) is 6.07 Å². The lowest BCUT2D eigenvalue weighted by atomic mass is 9.90. The van der Waals surface area contributed by atoms with Crippen molar-refractivity contribution in [1.82, 2.24) is 5.32 Å². The fourth-order valence-electron chi connectivity index (χ4n) is 2.32. The molecule has 1 aliphatic heterocycles. The molecule has 0 bridgehead atoms. The zero-order chi connectivity index (χ0) is 13.0. The molecule has 0 aromatic heterocycles. The first-order chi connectivity index (χ1) is 8.66. The summed E-state index contributed by atoms with van der Waals surface area (Å²) in [5.74, 6) is 1.50. The van der Waals surface area contributed by atoms with Gasteiger partial charge in [-0.1, -0.05) is 13.8 Å². The number of hydrogen-bond acceptors (Lipinski definition) is 2. The second-order valence-electron chi connectivity index (χ2n) is 5.41. The van der Waals surface area contributed by atoms with Gasteiger partial charge in [0.1, 0.15) is 11.6 Å². The Balaban J connectivity index is 2.10. The van der Waals surface area contributed by atoms with E-state index in [2.05, 4.69) is 19.2 Å². The highest BCUT2D eigenvalue weighted by Gasteiger charge is 2.19. The van der Waals surface area contributed by atoms with Crippen molar-refractivity contribution in [2.24, 2.45) is 5.92 Å². The van der Waals surface area contributed by atoms with Crippen LogP contribution in [0.25, 0.3) is 0 Å². The number of piperidine rings is 1. The molecule has 1 aromatic rings. The molecule has 0 aliphatic carbocycles. The largest absolute Gasteiger partial charge is 0.493 e. The first-order valence-electron chi connectivity index (χ1n) is 6.80. The zero-order valence-electron chi connectivity index (χ0n) is 11.2. The van der Waals surface area contributed by atoms with Gasteiger partial charge in [-0.05, 0) is 61.5 Å². The number of benzene rings is 1. The number of halogens is 1. The Morgan fingerprint density at radius 1 is 1.33 bits per heavy atom. The quantitative estimate of drug-likeness (QED) is 0.886. The van der Waals surface area contributed by atoms with Crippen molar-refractivity contribution in [2.45, 2.75) is 32.6 Å². The Morgan fingerprint density at radius 2 is 2.06 bits per heavy atom. The second kappa shape index (κ2) is 6.19. The van der Waals surface area contributed by atoms with E-state index in [0.29, 0.717) is 18.4 Å². The summed E-state index contributed by atoms with van der Waals surface area (Å²) in [6, 6.07) is 5.14. The average Bonchev–Trinajstić information content (AvgIpc) is 2.38. The van der Waals surface area contributed by atoms with Gasteiger partial charge in [-0.15, -0.1) is 0 Å². The van der Waals surface area contributed by atoms with Crippen LogP contribution in [0.2, 0.25) is 0 Å². The van der Waals surface area contributed by atoms with Gasteiger partial charge in [0.15, 0.2) is 0 Å². The predicted octanol–water partition coefficient (Wildman–Crippen LogP) is 3.33. The van der Waals surface area contributed by atoms with Crippen LogP contribution in [0.5, 0.6) is 5.75 Å². The Bertz CT molecular complexity index is 386. The van der Waals surface area contributed by atoms with Gasteiger partial charge < -0.3 is 10.1 Å². The summed E-state index contributed by atoms with van der Waals surface area (Å²) < 4.78 is 19.5. The highest BCUT2D eigenvalue weighted by Crippen LogP contribution is 2.30. The maximum atomic E-state index is 13.9. The minimum Gasteiger partial charge on any atom is -0.493 e. The lowest BCUT2D eigenvalue weighted by molar-refractivity contribution is 0.270. The maximum Gasteiger partial charge on any atom is 0.126 e. The Morgan fingerprint density at radius 3 is 2.72 bits per heavy atom. The van der Waals surface area contributed by atoms with Crippen LogP contribution in [0.1, 0.15) is 38.2 Å². The molecule has 2 nitrogen and oxygen atoms in total.